The van der Waals surface area contributed by atoms with Crippen LogP contribution in [0.5, 0.6) is 0 Å². The minimum atomic E-state index is -1.59. The van der Waals surface area contributed by atoms with E-state index < -0.39 is 3.92 Å². The molecule has 7 heteroatoms. The number of aryl methyl sites for hydroxylation is 1. The Morgan fingerprint density at radius 3 is 2.20 bits per heavy atom. The molecule has 1 aromatic rings. The van der Waals surface area contributed by atoms with Crippen molar-refractivity contribution in [1.29, 1.82) is 0 Å². The average molecular weight is 201 g/mol. The SMILES string of the molecule is Cc1nnnn1C(Cl)(Cl)Cl. The van der Waals surface area contributed by atoms with Gasteiger partial charge in [-0.25, -0.2) is 0 Å². The molecule has 0 fully saturated rings. The van der Waals surface area contributed by atoms with Crippen LogP contribution >= 0.6 is 34.8 Å². The number of hydrogen-bond acceptors (Lipinski definition) is 3. The van der Waals surface area contributed by atoms with E-state index in [2.05, 4.69) is 15.5 Å². The Morgan fingerprint density at radius 1 is 1.40 bits per heavy atom. The van der Waals surface area contributed by atoms with E-state index >= 15 is 0 Å². The van der Waals surface area contributed by atoms with Crippen LogP contribution in [0.2, 0.25) is 0 Å². The smallest absolute Gasteiger partial charge is 0.180 e. The van der Waals surface area contributed by atoms with Gasteiger partial charge < -0.3 is 0 Å². The molecule has 0 saturated carbocycles. The van der Waals surface area contributed by atoms with E-state index in [0.29, 0.717) is 5.82 Å². The quantitative estimate of drug-likeness (QED) is 0.594. The molecule has 4 nitrogen and oxygen atoms in total. The van der Waals surface area contributed by atoms with Crippen molar-refractivity contribution < 1.29 is 0 Å². The maximum absolute atomic E-state index is 5.46. The summed E-state index contributed by atoms with van der Waals surface area (Å²) in [4.78, 5) is 0. The highest BCUT2D eigenvalue weighted by molar-refractivity contribution is 6.64. The number of hydrogen-bond donors (Lipinski definition) is 0. The zero-order valence-electron chi connectivity index (χ0n) is 4.92. The summed E-state index contributed by atoms with van der Waals surface area (Å²) in [6.45, 7) is 1.64. The minimum Gasteiger partial charge on any atom is -0.180 e. The molecule has 56 valence electrons. The zero-order chi connectivity index (χ0) is 7.78. The zero-order valence-corrected chi connectivity index (χ0v) is 7.19. The first-order valence-electron chi connectivity index (χ1n) is 2.34. The fourth-order valence-corrected chi connectivity index (χ4v) is 0.934. The Labute approximate surface area is 72.1 Å². The third-order valence-corrected chi connectivity index (χ3v) is 1.35. The fraction of sp³-hybridized carbons (Fsp3) is 0.667. The third kappa shape index (κ3) is 1.51. The second-order valence-corrected chi connectivity index (χ2v) is 3.83. The summed E-state index contributed by atoms with van der Waals surface area (Å²) in [5.41, 5.74) is 0. The summed E-state index contributed by atoms with van der Waals surface area (Å²) in [5, 5.41) is 10.3. The summed E-state index contributed by atoms with van der Waals surface area (Å²) in [5.74, 6) is 0.458. The van der Waals surface area contributed by atoms with Gasteiger partial charge in [0.05, 0.1) is 0 Å². The van der Waals surface area contributed by atoms with E-state index in [9.17, 15) is 0 Å². The van der Waals surface area contributed by atoms with Crippen molar-refractivity contribution in [2.75, 3.05) is 0 Å². The lowest BCUT2D eigenvalue weighted by atomic mass is 10.7. The van der Waals surface area contributed by atoms with Crippen molar-refractivity contribution >= 4 is 34.8 Å². The van der Waals surface area contributed by atoms with Crippen molar-refractivity contribution in [3.05, 3.63) is 5.82 Å². The van der Waals surface area contributed by atoms with E-state index in [1.54, 1.807) is 6.92 Å². The maximum Gasteiger partial charge on any atom is 0.289 e. The molecule has 10 heavy (non-hydrogen) atoms. The highest BCUT2D eigenvalue weighted by Gasteiger charge is 2.25. The van der Waals surface area contributed by atoms with Crippen LogP contribution in [0.3, 0.4) is 0 Å². The van der Waals surface area contributed by atoms with Gasteiger partial charge in [0.15, 0.2) is 5.82 Å². The van der Waals surface area contributed by atoms with Gasteiger partial charge in [-0.1, -0.05) is 34.8 Å². The molecular weight excluding hydrogens is 198 g/mol. The molecule has 0 unspecified atom stereocenters. The lowest BCUT2D eigenvalue weighted by molar-refractivity contribution is 0.621. The lowest BCUT2D eigenvalue weighted by Gasteiger charge is -2.09. The monoisotopic (exact) mass is 200 g/mol. The highest BCUT2D eigenvalue weighted by atomic mass is 35.6. The Morgan fingerprint density at radius 2 is 2.00 bits per heavy atom. The highest BCUT2D eigenvalue weighted by Crippen LogP contribution is 2.31. The number of aromatic nitrogens is 4. The average Bonchev–Trinajstić information content (AvgIpc) is 2.11. The summed E-state index contributed by atoms with van der Waals surface area (Å²) >= 11 is 16.4. The first kappa shape index (κ1) is 8.04. The molecule has 0 aromatic carbocycles. The molecule has 0 radical (unpaired) electrons. The van der Waals surface area contributed by atoms with E-state index in [4.69, 9.17) is 34.8 Å². The van der Waals surface area contributed by atoms with Gasteiger partial charge in [0.2, 0.25) is 0 Å². The number of halogens is 3. The van der Waals surface area contributed by atoms with Gasteiger partial charge in [0.1, 0.15) is 0 Å². The molecule has 0 aliphatic heterocycles. The van der Waals surface area contributed by atoms with E-state index in [0.717, 1.165) is 4.68 Å². The topological polar surface area (TPSA) is 43.6 Å². The molecule has 0 aliphatic carbocycles. The van der Waals surface area contributed by atoms with Crippen LogP contribution in [0.4, 0.5) is 0 Å². The van der Waals surface area contributed by atoms with Crippen LogP contribution < -0.4 is 0 Å². The molecule has 0 saturated heterocycles. The molecule has 1 rings (SSSR count). The molecule has 0 aliphatic rings. The van der Waals surface area contributed by atoms with Crippen LogP contribution in [0, 0.1) is 6.92 Å². The predicted molar refractivity (Wildman–Crippen MR) is 38.1 cm³/mol. The number of alkyl halides is 3. The van der Waals surface area contributed by atoms with Crippen molar-refractivity contribution in [2.24, 2.45) is 0 Å². The third-order valence-electron chi connectivity index (χ3n) is 0.866. The Hall–Kier alpha value is -0.0600. The predicted octanol–water partition coefficient (Wildman–Crippen LogP) is 1.27. The summed E-state index contributed by atoms with van der Waals surface area (Å²) in [6.07, 6.45) is 0. The van der Waals surface area contributed by atoms with Gasteiger partial charge >= 0.3 is 0 Å². The minimum absolute atomic E-state index is 0.458. The molecule has 0 amide bonds. The molecule has 0 N–H and O–H groups in total. The van der Waals surface area contributed by atoms with Gasteiger partial charge in [-0.05, 0) is 17.4 Å². The Balaban J connectivity index is 3.05. The van der Waals surface area contributed by atoms with Gasteiger partial charge in [-0.2, -0.15) is 4.68 Å². The van der Waals surface area contributed by atoms with Crippen LogP contribution in [0.25, 0.3) is 0 Å². The van der Waals surface area contributed by atoms with E-state index in [-0.39, 0.29) is 0 Å². The van der Waals surface area contributed by atoms with E-state index in [1.807, 2.05) is 0 Å². The number of nitrogens with zero attached hydrogens (tertiary/aromatic N) is 4. The van der Waals surface area contributed by atoms with Gasteiger partial charge in [-0.3, -0.25) is 0 Å². The Bertz CT molecular complexity index is 226. The summed E-state index contributed by atoms with van der Waals surface area (Å²) in [7, 11) is 0. The molecule has 0 bridgehead atoms. The second-order valence-electron chi connectivity index (χ2n) is 1.61. The van der Waals surface area contributed by atoms with Crippen molar-refractivity contribution in [1.82, 2.24) is 20.2 Å². The maximum atomic E-state index is 5.46. The largest absolute Gasteiger partial charge is 0.289 e. The van der Waals surface area contributed by atoms with Crippen LogP contribution in [0.15, 0.2) is 0 Å². The van der Waals surface area contributed by atoms with Gasteiger partial charge in [-0.15, -0.1) is 5.10 Å². The van der Waals surface area contributed by atoms with E-state index in [1.165, 1.54) is 0 Å². The van der Waals surface area contributed by atoms with Crippen LogP contribution in [-0.4, -0.2) is 20.2 Å². The normalized spacial score (nSPS) is 12.0. The molecule has 1 heterocycles. The lowest BCUT2D eigenvalue weighted by Crippen LogP contribution is -2.16. The molecule has 1 aromatic heterocycles. The summed E-state index contributed by atoms with van der Waals surface area (Å²) < 4.78 is -0.495. The number of rotatable bonds is 0. The number of tetrazole rings is 1. The van der Waals surface area contributed by atoms with Crippen molar-refractivity contribution in [3.8, 4) is 0 Å². The van der Waals surface area contributed by atoms with Crippen molar-refractivity contribution in [2.45, 2.75) is 10.8 Å². The first-order chi connectivity index (χ1) is 4.52. The van der Waals surface area contributed by atoms with Crippen LogP contribution in [-0.2, 0) is 3.92 Å². The fourth-order valence-electron chi connectivity index (χ4n) is 0.466. The van der Waals surface area contributed by atoms with Crippen molar-refractivity contribution in [3.63, 3.8) is 0 Å². The first-order valence-corrected chi connectivity index (χ1v) is 3.47. The molecule has 0 atom stereocenters. The summed E-state index contributed by atoms with van der Waals surface area (Å²) in [6, 6.07) is 0. The molecule has 0 spiro atoms. The second kappa shape index (κ2) is 2.53. The molecular formula is C3H3Cl3N4. The Kier molecular flexibility index (Phi) is 2.03. The van der Waals surface area contributed by atoms with Gasteiger partial charge in [0, 0.05) is 0 Å². The van der Waals surface area contributed by atoms with Crippen LogP contribution in [0.1, 0.15) is 5.82 Å². The van der Waals surface area contributed by atoms with Gasteiger partial charge in [0.25, 0.3) is 3.92 Å². The standard InChI is InChI=1S/C3H3Cl3N4/c1-2-7-8-9-10(2)3(4,5)6/h1H3.